The van der Waals surface area contributed by atoms with Crippen LogP contribution in [0, 0.1) is 0 Å². The van der Waals surface area contributed by atoms with Crippen LogP contribution in [0.3, 0.4) is 0 Å². The van der Waals surface area contributed by atoms with Gasteiger partial charge in [-0.25, -0.2) is 4.68 Å². The molecule has 0 radical (unpaired) electrons. The lowest BCUT2D eigenvalue weighted by Gasteiger charge is -2.37. The van der Waals surface area contributed by atoms with Crippen molar-refractivity contribution in [1.29, 1.82) is 0 Å². The van der Waals surface area contributed by atoms with Gasteiger partial charge in [0.05, 0.1) is 11.6 Å². The average molecular weight is 395 g/mol. The molecule has 2 aromatic carbocycles. The van der Waals surface area contributed by atoms with E-state index in [-0.39, 0.29) is 6.04 Å². The summed E-state index contributed by atoms with van der Waals surface area (Å²) in [7, 11) is 0. The highest BCUT2D eigenvalue weighted by molar-refractivity contribution is 6.31. The molecule has 1 aliphatic rings. The summed E-state index contributed by atoms with van der Waals surface area (Å²) in [6, 6.07) is 14.6. The summed E-state index contributed by atoms with van der Waals surface area (Å²) < 4.78 is 1.79. The summed E-state index contributed by atoms with van der Waals surface area (Å²) in [5.41, 5.74) is 4.19. The number of H-pyrrole nitrogens is 1. The molecule has 2 aromatic heterocycles. The first-order valence-corrected chi connectivity index (χ1v) is 9.63. The van der Waals surface area contributed by atoms with Gasteiger partial charge in [0.25, 0.3) is 0 Å². The smallest absolute Gasteiger partial charge is 0.154 e. The number of hydrogen-bond donors (Lipinski definition) is 3. The topological polar surface area (TPSA) is 91.6 Å². The number of nitrogens with zero attached hydrogens (tertiary/aromatic N) is 4. The third-order valence-electron chi connectivity index (χ3n) is 5.39. The van der Waals surface area contributed by atoms with Crippen LogP contribution in [-0.4, -0.2) is 30.3 Å². The lowest BCUT2D eigenvalue weighted by molar-refractivity contribution is 0.0899. The van der Waals surface area contributed by atoms with Crippen molar-refractivity contribution in [2.45, 2.75) is 31.5 Å². The van der Waals surface area contributed by atoms with Crippen LogP contribution in [0.5, 0.6) is 0 Å². The van der Waals surface area contributed by atoms with E-state index in [2.05, 4.69) is 25.8 Å². The number of aromatic amines is 1. The molecule has 0 unspecified atom stereocenters. The number of rotatable bonds is 3. The number of benzene rings is 2. The SMILES string of the molecule is CCc1[nH]nc2c1[C@@H](O)[C@H](n1nnc3ccccc31)[C@@H](c1ccccc1Cl)N2. The molecule has 0 amide bonds. The molecular formula is C20H19ClN6O. The first kappa shape index (κ1) is 17.2. The highest BCUT2D eigenvalue weighted by atomic mass is 35.5. The van der Waals surface area contributed by atoms with Crippen molar-refractivity contribution in [2.24, 2.45) is 0 Å². The summed E-state index contributed by atoms with van der Waals surface area (Å²) in [4.78, 5) is 0. The molecule has 0 spiro atoms. The van der Waals surface area contributed by atoms with Crippen molar-refractivity contribution >= 4 is 28.5 Å². The number of aryl methyl sites for hydroxylation is 1. The van der Waals surface area contributed by atoms with Crippen LogP contribution in [0.4, 0.5) is 5.82 Å². The maximum atomic E-state index is 11.4. The fourth-order valence-corrected chi connectivity index (χ4v) is 4.30. The normalized spacial score (nSPS) is 21.5. The molecule has 5 rings (SSSR count). The van der Waals surface area contributed by atoms with Gasteiger partial charge in [0.15, 0.2) is 5.82 Å². The summed E-state index contributed by atoms with van der Waals surface area (Å²) in [6.07, 6.45) is -0.0841. The summed E-state index contributed by atoms with van der Waals surface area (Å²) in [6.45, 7) is 2.03. The Balaban J connectivity index is 1.73. The van der Waals surface area contributed by atoms with E-state index in [0.717, 1.165) is 34.3 Å². The molecular weight excluding hydrogens is 376 g/mol. The zero-order chi connectivity index (χ0) is 19.3. The van der Waals surface area contributed by atoms with Crippen LogP contribution in [-0.2, 0) is 6.42 Å². The molecule has 4 aromatic rings. The molecule has 142 valence electrons. The van der Waals surface area contributed by atoms with Gasteiger partial charge in [0.2, 0.25) is 0 Å². The summed E-state index contributed by atoms with van der Waals surface area (Å²) >= 11 is 6.51. The van der Waals surface area contributed by atoms with E-state index >= 15 is 0 Å². The lowest BCUT2D eigenvalue weighted by atomic mass is 9.87. The highest BCUT2D eigenvalue weighted by Gasteiger charge is 2.42. The van der Waals surface area contributed by atoms with E-state index in [0.29, 0.717) is 10.8 Å². The Labute approximate surface area is 166 Å². The van der Waals surface area contributed by atoms with Gasteiger partial charge in [-0.3, -0.25) is 5.10 Å². The molecule has 3 N–H and O–H groups in total. The molecule has 0 bridgehead atoms. The quantitative estimate of drug-likeness (QED) is 0.491. The molecule has 0 saturated heterocycles. The van der Waals surface area contributed by atoms with Crippen molar-refractivity contribution in [2.75, 3.05) is 5.32 Å². The standard InChI is InChI=1S/C20H19ClN6O/c1-2-13-16-19(28)18(27-15-10-6-5-9-14(15)24-26-27)17(22-20(16)25-23-13)11-7-3-4-8-12(11)21/h3-10,17-19,28H,2H2,1H3,(H2,22,23,25)/t17-,18-,19-/m1/s1. The Morgan fingerprint density at radius 2 is 1.93 bits per heavy atom. The number of aliphatic hydroxyl groups excluding tert-OH is 1. The maximum Gasteiger partial charge on any atom is 0.154 e. The number of para-hydroxylation sites is 1. The third kappa shape index (κ3) is 2.51. The van der Waals surface area contributed by atoms with Crippen LogP contribution >= 0.6 is 11.6 Å². The molecule has 7 nitrogen and oxygen atoms in total. The Bertz CT molecular complexity index is 1150. The Morgan fingerprint density at radius 1 is 1.14 bits per heavy atom. The van der Waals surface area contributed by atoms with Crippen molar-refractivity contribution in [1.82, 2.24) is 25.2 Å². The number of fused-ring (bicyclic) bond motifs is 2. The lowest BCUT2D eigenvalue weighted by Crippen LogP contribution is -2.34. The van der Waals surface area contributed by atoms with E-state index in [4.69, 9.17) is 11.6 Å². The van der Waals surface area contributed by atoms with E-state index in [1.54, 1.807) is 4.68 Å². The minimum Gasteiger partial charge on any atom is -0.386 e. The maximum absolute atomic E-state index is 11.4. The number of halogens is 1. The highest BCUT2D eigenvalue weighted by Crippen LogP contribution is 2.48. The van der Waals surface area contributed by atoms with Crippen LogP contribution < -0.4 is 5.32 Å². The van der Waals surface area contributed by atoms with Crippen molar-refractivity contribution < 1.29 is 5.11 Å². The second kappa shape index (κ2) is 6.61. The van der Waals surface area contributed by atoms with Gasteiger partial charge in [-0.2, -0.15) is 5.10 Å². The second-order valence-corrected chi connectivity index (χ2v) is 7.33. The van der Waals surface area contributed by atoms with Gasteiger partial charge in [-0.05, 0) is 30.2 Å². The number of aliphatic hydroxyl groups is 1. The third-order valence-corrected chi connectivity index (χ3v) is 5.73. The van der Waals surface area contributed by atoms with Crippen molar-refractivity contribution in [3.63, 3.8) is 0 Å². The van der Waals surface area contributed by atoms with Crippen molar-refractivity contribution in [3.05, 3.63) is 70.4 Å². The van der Waals surface area contributed by atoms with Gasteiger partial charge in [0.1, 0.15) is 17.7 Å². The Kier molecular flexibility index (Phi) is 4.07. The van der Waals surface area contributed by atoms with Gasteiger partial charge < -0.3 is 10.4 Å². The van der Waals surface area contributed by atoms with Crippen LogP contribution in [0.15, 0.2) is 48.5 Å². The minimum atomic E-state index is -0.823. The number of nitrogens with one attached hydrogen (secondary N) is 2. The minimum absolute atomic E-state index is 0.325. The van der Waals surface area contributed by atoms with Gasteiger partial charge in [0, 0.05) is 16.3 Å². The molecule has 3 heterocycles. The van der Waals surface area contributed by atoms with Gasteiger partial charge in [-0.1, -0.05) is 54.1 Å². The Morgan fingerprint density at radius 3 is 2.75 bits per heavy atom. The summed E-state index contributed by atoms with van der Waals surface area (Å²) in [5, 5.41) is 31.6. The van der Waals surface area contributed by atoms with Crippen molar-refractivity contribution in [3.8, 4) is 0 Å². The molecule has 0 aliphatic carbocycles. The fourth-order valence-electron chi connectivity index (χ4n) is 4.04. The molecule has 0 saturated carbocycles. The van der Waals surface area contributed by atoms with E-state index in [9.17, 15) is 5.11 Å². The van der Waals surface area contributed by atoms with Gasteiger partial charge in [-0.15, -0.1) is 5.10 Å². The second-order valence-electron chi connectivity index (χ2n) is 6.92. The summed E-state index contributed by atoms with van der Waals surface area (Å²) in [5.74, 6) is 0.648. The molecule has 3 atom stereocenters. The number of hydrogen-bond acceptors (Lipinski definition) is 5. The largest absolute Gasteiger partial charge is 0.386 e. The molecule has 8 heteroatoms. The van der Waals surface area contributed by atoms with E-state index < -0.39 is 12.1 Å². The molecule has 28 heavy (non-hydrogen) atoms. The predicted octanol–water partition coefficient (Wildman–Crippen LogP) is 3.81. The van der Waals surface area contributed by atoms with E-state index in [1.807, 2.05) is 55.5 Å². The molecule has 0 fully saturated rings. The monoisotopic (exact) mass is 394 g/mol. The first-order chi connectivity index (χ1) is 13.7. The zero-order valence-electron chi connectivity index (χ0n) is 15.2. The predicted molar refractivity (Wildman–Crippen MR) is 107 cm³/mol. The Hall–Kier alpha value is -2.90. The first-order valence-electron chi connectivity index (χ1n) is 9.25. The fraction of sp³-hybridized carbons (Fsp3) is 0.250. The van der Waals surface area contributed by atoms with Gasteiger partial charge >= 0.3 is 0 Å². The van der Waals surface area contributed by atoms with E-state index in [1.165, 1.54) is 0 Å². The average Bonchev–Trinajstić information content (AvgIpc) is 3.32. The zero-order valence-corrected chi connectivity index (χ0v) is 15.9. The molecule has 1 aliphatic heterocycles. The van der Waals surface area contributed by atoms with Crippen LogP contribution in [0.1, 0.15) is 41.9 Å². The number of anilines is 1. The van der Waals surface area contributed by atoms with Crippen LogP contribution in [0.25, 0.3) is 11.0 Å². The number of aromatic nitrogens is 5. The van der Waals surface area contributed by atoms with Crippen LogP contribution in [0.2, 0.25) is 5.02 Å².